The van der Waals surface area contributed by atoms with Gasteiger partial charge in [-0.1, -0.05) is 76.0 Å². The maximum absolute atomic E-state index is 12.5. The molecule has 0 spiro atoms. The topological polar surface area (TPSA) is 70.6 Å². The summed E-state index contributed by atoms with van der Waals surface area (Å²) in [6.45, 7) is 3.67. The summed E-state index contributed by atoms with van der Waals surface area (Å²) < 4.78 is 0. The smallest absolute Gasteiger partial charge is 0.271 e. The number of hydrazone groups is 1. The van der Waals surface area contributed by atoms with Crippen LogP contribution in [0.15, 0.2) is 29.4 Å². The Morgan fingerprint density at radius 3 is 2.07 bits per heavy atom. The fourth-order valence-corrected chi connectivity index (χ4v) is 3.89. The van der Waals surface area contributed by atoms with Crippen LogP contribution in [0.5, 0.6) is 0 Å². The SMILES string of the molecule is C/C(CC(=O)NC1CCCCCCCCCCC1)=N\NC(=O)c1ccccc1C. The monoisotopic (exact) mass is 399 g/mol. The van der Waals surface area contributed by atoms with Crippen LogP contribution in [0, 0.1) is 6.92 Å². The fraction of sp³-hybridized carbons (Fsp3) is 0.625. The molecule has 5 nitrogen and oxygen atoms in total. The van der Waals surface area contributed by atoms with E-state index in [9.17, 15) is 9.59 Å². The Kier molecular flexibility index (Phi) is 10.5. The lowest BCUT2D eigenvalue weighted by Gasteiger charge is -2.19. The largest absolute Gasteiger partial charge is 0.353 e. The van der Waals surface area contributed by atoms with E-state index in [0.29, 0.717) is 11.3 Å². The van der Waals surface area contributed by atoms with Crippen LogP contribution in [-0.4, -0.2) is 23.6 Å². The lowest BCUT2D eigenvalue weighted by molar-refractivity contribution is -0.120. The normalized spacial score (nSPS) is 17.7. The van der Waals surface area contributed by atoms with Crippen molar-refractivity contribution in [2.24, 2.45) is 5.10 Å². The highest BCUT2D eigenvalue weighted by atomic mass is 16.2. The Labute approximate surface area is 175 Å². The summed E-state index contributed by atoms with van der Waals surface area (Å²) in [5, 5.41) is 7.31. The molecule has 29 heavy (non-hydrogen) atoms. The molecular formula is C24H37N3O2. The minimum absolute atomic E-state index is 0.00603. The van der Waals surface area contributed by atoms with E-state index in [1.807, 2.05) is 25.1 Å². The van der Waals surface area contributed by atoms with Gasteiger partial charge in [0.1, 0.15) is 0 Å². The number of nitrogens with zero attached hydrogens (tertiary/aromatic N) is 1. The van der Waals surface area contributed by atoms with Crippen molar-refractivity contribution in [2.45, 2.75) is 96.9 Å². The van der Waals surface area contributed by atoms with Crippen LogP contribution in [0.3, 0.4) is 0 Å². The van der Waals surface area contributed by atoms with E-state index in [1.165, 1.54) is 57.8 Å². The van der Waals surface area contributed by atoms with E-state index in [0.717, 1.165) is 18.4 Å². The lowest BCUT2D eigenvalue weighted by atomic mass is 9.98. The van der Waals surface area contributed by atoms with E-state index in [2.05, 4.69) is 15.8 Å². The van der Waals surface area contributed by atoms with Gasteiger partial charge >= 0.3 is 0 Å². The van der Waals surface area contributed by atoms with Crippen molar-refractivity contribution in [3.63, 3.8) is 0 Å². The van der Waals surface area contributed by atoms with E-state index in [1.54, 1.807) is 13.0 Å². The van der Waals surface area contributed by atoms with Gasteiger partial charge in [-0.25, -0.2) is 5.43 Å². The predicted molar refractivity (Wildman–Crippen MR) is 119 cm³/mol. The number of amides is 2. The Hall–Kier alpha value is -2.17. The first-order valence-corrected chi connectivity index (χ1v) is 11.2. The molecule has 1 fully saturated rings. The summed E-state index contributed by atoms with van der Waals surface area (Å²) in [6.07, 6.45) is 13.9. The Balaban J connectivity index is 1.79. The first-order valence-electron chi connectivity index (χ1n) is 11.2. The second-order valence-corrected chi connectivity index (χ2v) is 8.30. The van der Waals surface area contributed by atoms with Crippen molar-refractivity contribution in [3.8, 4) is 0 Å². The van der Waals surface area contributed by atoms with E-state index in [-0.39, 0.29) is 24.3 Å². The van der Waals surface area contributed by atoms with Gasteiger partial charge in [-0.05, 0) is 38.3 Å². The highest BCUT2D eigenvalue weighted by Gasteiger charge is 2.14. The number of aryl methyl sites for hydroxylation is 1. The third-order valence-electron chi connectivity index (χ3n) is 5.62. The molecule has 5 heteroatoms. The molecule has 0 radical (unpaired) electrons. The second kappa shape index (κ2) is 13.1. The third-order valence-corrected chi connectivity index (χ3v) is 5.62. The van der Waals surface area contributed by atoms with Crippen LogP contribution in [0.2, 0.25) is 0 Å². The van der Waals surface area contributed by atoms with Crippen molar-refractivity contribution in [3.05, 3.63) is 35.4 Å². The van der Waals surface area contributed by atoms with Crippen LogP contribution < -0.4 is 10.7 Å². The first kappa shape index (κ1) is 23.1. The van der Waals surface area contributed by atoms with Crippen molar-refractivity contribution in [1.82, 2.24) is 10.7 Å². The molecule has 0 aromatic heterocycles. The number of carbonyl (C=O) groups is 2. The summed E-state index contributed by atoms with van der Waals surface area (Å²) >= 11 is 0. The molecule has 1 aliphatic carbocycles. The van der Waals surface area contributed by atoms with Gasteiger partial charge in [0.2, 0.25) is 5.91 Å². The molecule has 160 valence electrons. The van der Waals surface area contributed by atoms with Gasteiger partial charge in [0.25, 0.3) is 5.91 Å². The molecule has 1 aromatic rings. The zero-order chi connectivity index (χ0) is 20.9. The molecule has 0 unspecified atom stereocenters. The third kappa shape index (κ3) is 9.25. The number of rotatable bonds is 5. The molecule has 0 bridgehead atoms. The van der Waals surface area contributed by atoms with Gasteiger partial charge in [-0.15, -0.1) is 0 Å². The number of hydrogen-bond donors (Lipinski definition) is 2. The van der Waals surface area contributed by atoms with Crippen molar-refractivity contribution in [1.29, 1.82) is 0 Å². The standard InChI is InChI=1S/C24H37N3O2/c1-19-14-12-13-17-22(19)24(29)27-26-20(2)18-23(28)25-21-15-10-8-6-4-3-5-7-9-11-16-21/h12-14,17,21H,3-11,15-16,18H2,1-2H3,(H,25,28)(H,27,29)/b26-20+. The Bertz CT molecular complexity index is 672. The molecular weight excluding hydrogens is 362 g/mol. The zero-order valence-electron chi connectivity index (χ0n) is 18.1. The maximum Gasteiger partial charge on any atom is 0.271 e. The molecule has 2 rings (SSSR count). The van der Waals surface area contributed by atoms with Gasteiger partial charge < -0.3 is 5.32 Å². The molecule has 2 amide bonds. The number of benzene rings is 1. The molecule has 0 heterocycles. The highest BCUT2D eigenvalue weighted by molar-refractivity contribution is 6.01. The molecule has 1 aromatic carbocycles. The van der Waals surface area contributed by atoms with Crippen molar-refractivity contribution < 1.29 is 9.59 Å². The minimum Gasteiger partial charge on any atom is -0.353 e. The van der Waals surface area contributed by atoms with Crippen molar-refractivity contribution in [2.75, 3.05) is 0 Å². The maximum atomic E-state index is 12.5. The Morgan fingerprint density at radius 2 is 1.48 bits per heavy atom. The minimum atomic E-state index is -0.248. The fourth-order valence-electron chi connectivity index (χ4n) is 3.89. The van der Waals surface area contributed by atoms with Gasteiger partial charge in [0.15, 0.2) is 0 Å². The summed E-state index contributed by atoms with van der Waals surface area (Å²) in [5.74, 6) is -0.254. The number of nitrogens with one attached hydrogen (secondary N) is 2. The molecule has 0 atom stereocenters. The van der Waals surface area contributed by atoms with Crippen LogP contribution >= 0.6 is 0 Å². The zero-order valence-corrected chi connectivity index (χ0v) is 18.1. The molecule has 0 aliphatic heterocycles. The van der Waals surface area contributed by atoms with Crippen LogP contribution in [0.1, 0.15) is 99.9 Å². The quantitative estimate of drug-likeness (QED) is 0.522. The molecule has 1 saturated carbocycles. The summed E-state index contributed by atoms with van der Waals surface area (Å²) in [6, 6.07) is 7.65. The van der Waals surface area contributed by atoms with Gasteiger partial charge in [0.05, 0.1) is 6.42 Å². The second-order valence-electron chi connectivity index (χ2n) is 8.30. The first-order chi connectivity index (χ1) is 14.1. The molecule has 0 saturated heterocycles. The summed E-state index contributed by atoms with van der Waals surface area (Å²) in [4.78, 5) is 24.7. The van der Waals surface area contributed by atoms with Crippen LogP contribution in [0.25, 0.3) is 0 Å². The molecule has 1 aliphatic rings. The van der Waals surface area contributed by atoms with Gasteiger partial charge in [0, 0.05) is 17.3 Å². The average molecular weight is 400 g/mol. The molecule has 2 N–H and O–H groups in total. The average Bonchev–Trinajstić information content (AvgIpc) is 2.68. The number of carbonyl (C=O) groups excluding carboxylic acids is 2. The highest BCUT2D eigenvalue weighted by Crippen LogP contribution is 2.17. The predicted octanol–water partition coefficient (Wildman–Crippen LogP) is 5.28. The van der Waals surface area contributed by atoms with Gasteiger partial charge in [-0.2, -0.15) is 5.10 Å². The van der Waals surface area contributed by atoms with Crippen LogP contribution in [0.4, 0.5) is 0 Å². The lowest BCUT2D eigenvalue weighted by Crippen LogP contribution is -2.36. The number of hydrogen-bond acceptors (Lipinski definition) is 3. The van der Waals surface area contributed by atoms with Crippen molar-refractivity contribution >= 4 is 17.5 Å². The van der Waals surface area contributed by atoms with E-state index < -0.39 is 0 Å². The van der Waals surface area contributed by atoms with Gasteiger partial charge in [-0.3, -0.25) is 9.59 Å². The summed E-state index contributed by atoms with van der Waals surface area (Å²) in [5.41, 5.74) is 4.67. The van der Waals surface area contributed by atoms with E-state index in [4.69, 9.17) is 0 Å². The Morgan fingerprint density at radius 1 is 0.931 bits per heavy atom. The summed E-state index contributed by atoms with van der Waals surface area (Å²) in [7, 11) is 0. The van der Waals surface area contributed by atoms with E-state index >= 15 is 0 Å². The van der Waals surface area contributed by atoms with Crippen LogP contribution in [-0.2, 0) is 4.79 Å².